The van der Waals surface area contributed by atoms with E-state index in [9.17, 15) is 0 Å². The first-order chi connectivity index (χ1) is 9.33. The van der Waals surface area contributed by atoms with E-state index >= 15 is 0 Å². The maximum atomic E-state index is 8.75. The minimum Gasteiger partial charge on any atom is -0.394 e. The molecule has 0 saturated carbocycles. The molecule has 106 valence electrons. The van der Waals surface area contributed by atoms with E-state index in [1.165, 1.54) is 0 Å². The van der Waals surface area contributed by atoms with Crippen molar-refractivity contribution in [3.05, 3.63) is 12.4 Å². The third-order valence-corrected chi connectivity index (χ3v) is 3.19. The van der Waals surface area contributed by atoms with Gasteiger partial charge in [-0.05, 0) is 19.8 Å². The lowest BCUT2D eigenvalue weighted by molar-refractivity contribution is 0.0158. The number of anilines is 2. The Kier molecular flexibility index (Phi) is 5.35. The summed E-state index contributed by atoms with van der Waals surface area (Å²) in [6.45, 7) is 5.24. The Morgan fingerprint density at radius 2 is 2.21 bits per heavy atom. The molecule has 2 rings (SSSR count). The smallest absolute Gasteiger partial charge is 0.149 e. The molecule has 1 aromatic rings. The Labute approximate surface area is 113 Å². The molecule has 0 atom stereocenters. The van der Waals surface area contributed by atoms with E-state index in [0.29, 0.717) is 6.61 Å². The molecule has 6 heteroatoms. The quantitative estimate of drug-likeness (QED) is 0.796. The zero-order valence-corrected chi connectivity index (χ0v) is 11.4. The van der Waals surface area contributed by atoms with Crippen LogP contribution < -0.4 is 10.2 Å². The van der Waals surface area contributed by atoms with Gasteiger partial charge in [0.25, 0.3) is 0 Å². The molecular weight excluding hydrogens is 244 g/mol. The molecule has 1 aliphatic rings. The molecule has 6 nitrogen and oxygen atoms in total. The number of nitrogens with zero attached hydrogens (tertiary/aromatic N) is 3. The van der Waals surface area contributed by atoms with Crippen molar-refractivity contribution in [1.82, 2.24) is 9.97 Å². The van der Waals surface area contributed by atoms with Crippen molar-refractivity contribution in [2.45, 2.75) is 25.9 Å². The van der Waals surface area contributed by atoms with Crippen LogP contribution in [0.5, 0.6) is 0 Å². The fraction of sp³-hybridized carbons (Fsp3) is 0.692. The number of nitrogens with one attached hydrogen (secondary N) is 1. The van der Waals surface area contributed by atoms with Crippen molar-refractivity contribution in [2.24, 2.45) is 0 Å². The van der Waals surface area contributed by atoms with Crippen LogP contribution in [0.2, 0.25) is 0 Å². The molecule has 0 amide bonds. The lowest BCUT2D eigenvalue weighted by atomic mass is 10.1. The lowest BCUT2D eigenvalue weighted by Gasteiger charge is -2.32. The summed E-state index contributed by atoms with van der Waals surface area (Å²) in [5.74, 6) is 1.73. The second-order valence-electron chi connectivity index (χ2n) is 4.57. The van der Waals surface area contributed by atoms with E-state index in [1.807, 2.05) is 6.92 Å². The molecule has 2 heterocycles. The van der Waals surface area contributed by atoms with E-state index in [1.54, 1.807) is 12.4 Å². The average molecular weight is 266 g/mol. The number of hydrogen-bond acceptors (Lipinski definition) is 6. The Hall–Kier alpha value is -1.40. The van der Waals surface area contributed by atoms with Crippen LogP contribution in [-0.4, -0.2) is 54.0 Å². The summed E-state index contributed by atoms with van der Waals surface area (Å²) in [5.41, 5.74) is 0. The predicted molar refractivity (Wildman–Crippen MR) is 74.5 cm³/mol. The highest BCUT2D eigenvalue weighted by atomic mass is 16.5. The molecule has 0 unspecified atom stereocenters. The van der Waals surface area contributed by atoms with Gasteiger partial charge in [0.2, 0.25) is 0 Å². The third kappa shape index (κ3) is 4.04. The molecule has 1 fully saturated rings. The maximum Gasteiger partial charge on any atom is 0.149 e. The summed E-state index contributed by atoms with van der Waals surface area (Å²) >= 11 is 0. The number of rotatable bonds is 6. The van der Waals surface area contributed by atoms with Gasteiger partial charge in [-0.15, -0.1) is 0 Å². The van der Waals surface area contributed by atoms with Crippen LogP contribution in [0, 0.1) is 0 Å². The number of aromatic nitrogens is 2. The first-order valence-corrected chi connectivity index (χ1v) is 6.86. The Morgan fingerprint density at radius 1 is 1.42 bits per heavy atom. The first-order valence-electron chi connectivity index (χ1n) is 6.86. The fourth-order valence-electron chi connectivity index (χ4n) is 2.25. The summed E-state index contributed by atoms with van der Waals surface area (Å²) in [6.07, 6.45) is 5.73. The molecular formula is C13H22N4O2. The lowest BCUT2D eigenvalue weighted by Crippen LogP contribution is -2.38. The van der Waals surface area contributed by atoms with E-state index in [2.05, 4.69) is 20.2 Å². The molecule has 0 bridgehead atoms. The van der Waals surface area contributed by atoms with E-state index < -0.39 is 0 Å². The first kappa shape index (κ1) is 14.0. The summed E-state index contributed by atoms with van der Waals surface area (Å²) < 4.78 is 5.55. The highest BCUT2D eigenvalue weighted by molar-refractivity contribution is 5.44. The molecule has 1 saturated heterocycles. The predicted octanol–water partition coefficient (Wildman–Crippen LogP) is 0.886. The van der Waals surface area contributed by atoms with Gasteiger partial charge in [0.15, 0.2) is 0 Å². The summed E-state index contributed by atoms with van der Waals surface area (Å²) in [6, 6.07) is 0. The molecule has 1 aliphatic heterocycles. The molecule has 0 spiro atoms. The minimum atomic E-state index is 0.0937. The number of aliphatic hydroxyl groups excluding tert-OH is 1. The highest BCUT2D eigenvalue weighted by Gasteiger charge is 2.20. The number of piperidine rings is 1. The van der Waals surface area contributed by atoms with Crippen molar-refractivity contribution >= 4 is 11.6 Å². The molecule has 0 aliphatic carbocycles. The van der Waals surface area contributed by atoms with Crippen LogP contribution in [0.4, 0.5) is 11.6 Å². The van der Waals surface area contributed by atoms with Gasteiger partial charge in [-0.2, -0.15) is 0 Å². The van der Waals surface area contributed by atoms with Gasteiger partial charge in [0, 0.05) is 19.6 Å². The molecule has 0 aromatic carbocycles. The van der Waals surface area contributed by atoms with Crippen LogP contribution in [-0.2, 0) is 4.74 Å². The van der Waals surface area contributed by atoms with Crippen molar-refractivity contribution in [3.63, 3.8) is 0 Å². The topological polar surface area (TPSA) is 70.5 Å². The molecule has 19 heavy (non-hydrogen) atoms. The van der Waals surface area contributed by atoms with Crippen LogP contribution >= 0.6 is 0 Å². The molecule has 0 radical (unpaired) electrons. The van der Waals surface area contributed by atoms with Gasteiger partial charge >= 0.3 is 0 Å². The second kappa shape index (κ2) is 7.25. The number of hydrogen-bond donors (Lipinski definition) is 2. The van der Waals surface area contributed by atoms with Crippen LogP contribution in [0.3, 0.4) is 0 Å². The maximum absolute atomic E-state index is 8.75. The van der Waals surface area contributed by atoms with Gasteiger partial charge in [0.1, 0.15) is 11.6 Å². The van der Waals surface area contributed by atoms with Crippen molar-refractivity contribution in [3.8, 4) is 0 Å². The van der Waals surface area contributed by atoms with Crippen molar-refractivity contribution in [2.75, 3.05) is 43.1 Å². The Balaban J connectivity index is 1.88. The minimum absolute atomic E-state index is 0.0937. The summed E-state index contributed by atoms with van der Waals surface area (Å²) in [4.78, 5) is 11.0. The fourth-order valence-corrected chi connectivity index (χ4v) is 2.25. The number of aliphatic hydroxyl groups is 1. The Morgan fingerprint density at radius 3 is 2.89 bits per heavy atom. The SMILES string of the molecule is CCNc1cncc(N2CCC(OCCO)CC2)n1. The monoisotopic (exact) mass is 266 g/mol. The molecule has 2 N–H and O–H groups in total. The van der Waals surface area contributed by atoms with Gasteiger partial charge < -0.3 is 20.1 Å². The van der Waals surface area contributed by atoms with Gasteiger partial charge in [-0.3, -0.25) is 4.98 Å². The van der Waals surface area contributed by atoms with Gasteiger partial charge in [-0.25, -0.2) is 4.98 Å². The largest absolute Gasteiger partial charge is 0.394 e. The van der Waals surface area contributed by atoms with Gasteiger partial charge in [0.05, 0.1) is 31.7 Å². The van der Waals surface area contributed by atoms with Crippen LogP contribution in [0.1, 0.15) is 19.8 Å². The second-order valence-corrected chi connectivity index (χ2v) is 4.57. The van der Waals surface area contributed by atoms with E-state index in [4.69, 9.17) is 9.84 Å². The number of ether oxygens (including phenoxy) is 1. The van der Waals surface area contributed by atoms with E-state index in [0.717, 1.165) is 44.1 Å². The van der Waals surface area contributed by atoms with Crippen molar-refractivity contribution in [1.29, 1.82) is 0 Å². The standard InChI is InChI=1S/C13H22N4O2/c1-2-15-12-9-14-10-13(16-12)17-5-3-11(4-6-17)19-8-7-18/h9-11,18H,2-8H2,1H3,(H,15,16). The molecule has 1 aromatic heterocycles. The van der Waals surface area contributed by atoms with Gasteiger partial charge in [-0.1, -0.05) is 0 Å². The zero-order valence-electron chi connectivity index (χ0n) is 11.4. The van der Waals surface area contributed by atoms with E-state index in [-0.39, 0.29) is 12.7 Å². The highest BCUT2D eigenvalue weighted by Crippen LogP contribution is 2.20. The van der Waals surface area contributed by atoms with Crippen molar-refractivity contribution < 1.29 is 9.84 Å². The van der Waals surface area contributed by atoms with Crippen LogP contribution in [0.25, 0.3) is 0 Å². The summed E-state index contributed by atoms with van der Waals surface area (Å²) in [7, 11) is 0. The average Bonchev–Trinajstić information content (AvgIpc) is 2.46. The van der Waals surface area contributed by atoms with Crippen LogP contribution in [0.15, 0.2) is 12.4 Å². The Bertz CT molecular complexity index is 381. The summed E-state index contributed by atoms with van der Waals surface area (Å²) in [5, 5.41) is 11.9. The third-order valence-electron chi connectivity index (χ3n) is 3.19. The zero-order chi connectivity index (χ0) is 13.5. The normalized spacial score (nSPS) is 16.6.